The molecule has 20 N–H and O–H groups in total. The summed E-state index contributed by atoms with van der Waals surface area (Å²) in [4.78, 5) is 156. The predicted octanol–water partition coefficient (Wildman–Crippen LogP) is -5.15. The van der Waals surface area contributed by atoms with Gasteiger partial charge in [-0.25, -0.2) is 4.79 Å². The Hall–Kier alpha value is -7.11. The Kier molecular flexibility index (Phi) is 29.7. The zero-order valence-corrected chi connectivity index (χ0v) is 44.2. The number of aliphatic hydroxyl groups excluding tert-OH is 2. The van der Waals surface area contributed by atoms with Gasteiger partial charge in [0.15, 0.2) is 0 Å². The Morgan fingerprint density at radius 3 is 1.36 bits per heavy atom. The standard InChI is InChI=1S/C47H76N12O16S/c1-22(2)17-31(55-39(66)27(48)20-37(51)65)43(70)56-32(19-25-7-9-26(62)10-8-25)44(71)52-28(11-13-35(49)63)40(67)54-30(15-16-76-6)42(69)59-38(24(5)61)46(73)58-34(21-60)45(72)53-29(12-14-36(50)64)41(68)57-33(47(74)75)18-23(3)4/h7-10,22-24,27-34,38,60-62H,11-21,48H2,1-6H3,(H2,49,63)(H2,50,64)(H2,51,65)(H,52,71)(H,53,72)(H,54,67)(H,55,66)(H,56,70)(H,57,68)(H,58,73)(H,59,69)(H,74,75)/t24-,27+,28+,29+,30+,31+,32+,33+,34+,38+/m1/s1. The number of carbonyl (C=O) groups is 12. The first-order valence-electron chi connectivity index (χ1n) is 24.3. The van der Waals surface area contributed by atoms with Crippen molar-refractivity contribution in [2.75, 3.05) is 18.6 Å². The fraction of sp³-hybridized carbons (Fsp3) is 0.617. The molecular weight excluding hydrogens is 1020 g/mol. The lowest BCUT2D eigenvalue weighted by Gasteiger charge is -2.28. The number of hydrogen-bond acceptors (Lipinski definition) is 17. The fourth-order valence-electron chi connectivity index (χ4n) is 7.15. The zero-order chi connectivity index (χ0) is 58.0. The first kappa shape index (κ1) is 66.9. The second-order valence-electron chi connectivity index (χ2n) is 18.9. The highest BCUT2D eigenvalue weighted by Crippen LogP contribution is 2.14. The lowest BCUT2D eigenvalue weighted by atomic mass is 10.00. The van der Waals surface area contributed by atoms with Crippen LogP contribution in [0, 0.1) is 11.8 Å². The third-order valence-corrected chi connectivity index (χ3v) is 11.8. The van der Waals surface area contributed by atoms with Gasteiger partial charge in [0.25, 0.3) is 0 Å². The van der Waals surface area contributed by atoms with Gasteiger partial charge in [-0.15, -0.1) is 0 Å². The Morgan fingerprint density at radius 1 is 0.526 bits per heavy atom. The molecule has 0 unspecified atom stereocenters. The van der Waals surface area contributed by atoms with Crippen LogP contribution in [-0.4, -0.2) is 170 Å². The van der Waals surface area contributed by atoms with Gasteiger partial charge >= 0.3 is 5.97 Å². The van der Waals surface area contributed by atoms with E-state index in [4.69, 9.17) is 22.9 Å². The van der Waals surface area contributed by atoms with Gasteiger partial charge in [-0.05, 0) is 80.6 Å². The van der Waals surface area contributed by atoms with Crippen LogP contribution >= 0.6 is 11.8 Å². The molecule has 1 aromatic carbocycles. The van der Waals surface area contributed by atoms with Crippen molar-refractivity contribution in [3.05, 3.63) is 29.8 Å². The normalized spacial score (nSPS) is 15.1. The topological polar surface area (TPSA) is 486 Å². The molecule has 1 rings (SSSR count). The number of benzene rings is 1. The number of nitrogens with two attached hydrogens (primary N) is 4. The average Bonchev–Trinajstić information content (AvgIpc) is 3.32. The summed E-state index contributed by atoms with van der Waals surface area (Å²) >= 11 is 1.24. The molecule has 10 atom stereocenters. The van der Waals surface area contributed by atoms with Crippen LogP contribution in [0.4, 0.5) is 0 Å². The largest absolute Gasteiger partial charge is 0.508 e. The number of carbonyl (C=O) groups excluding carboxylic acids is 11. The zero-order valence-electron chi connectivity index (χ0n) is 43.4. The van der Waals surface area contributed by atoms with Crippen LogP contribution < -0.4 is 65.5 Å². The molecule has 0 saturated heterocycles. The van der Waals surface area contributed by atoms with Gasteiger partial charge in [0.1, 0.15) is 54.1 Å². The predicted molar refractivity (Wildman–Crippen MR) is 274 cm³/mol. The van der Waals surface area contributed by atoms with Crippen LogP contribution in [0.3, 0.4) is 0 Å². The van der Waals surface area contributed by atoms with Crippen molar-refractivity contribution in [1.82, 2.24) is 42.5 Å². The van der Waals surface area contributed by atoms with E-state index >= 15 is 0 Å². The molecule has 1 aromatic rings. The Labute approximate surface area is 443 Å². The van der Waals surface area contributed by atoms with E-state index < -0.39 is 170 Å². The second kappa shape index (κ2) is 33.7. The van der Waals surface area contributed by atoms with Crippen LogP contribution in [-0.2, 0) is 64.0 Å². The molecule has 426 valence electrons. The Balaban J connectivity index is 3.51. The van der Waals surface area contributed by atoms with Crippen LogP contribution in [0.2, 0.25) is 0 Å². The molecule has 0 radical (unpaired) electrons. The van der Waals surface area contributed by atoms with E-state index in [-0.39, 0.29) is 49.0 Å². The molecule has 0 aliphatic carbocycles. The molecule has 0 aliphatic rings. The minimum Gasteiger partial charge on any atom is -0.508 e. The van der Waals surface area contributed by atoms with Gasteiger partial charge in [0.05, 0.1) is 25.2 Å². The average molecular weight is 1100 g/mol. The molecule has 0 aromatic heterocycles. The van der Waals surface area contributed by atoms with Gasteiger partial charge in [0, 0.05) is 19.3 Å². The molecule has 28 nitrogen and oxygen atoms in total. The lowest BCUT2D eigenvalue weighted by molar-refractivity contribution is -0.143. The number of aliphatic carboxylic acids is 1. The number of nitrogens with one attached hydrogen (secondary N) is 8. The van der Waals surface area contributed by atoms with Crippen molar-refractivity contribution in [3.8, 4) is 5.75 Å². The molecule has 0 bridgehead atoms. The number of carboxylic acids is 1. The van der Waals surface area contributed by atoms with Gasteiger partial charge in [0.2, 0.25) is 65.0 Å². The minimum absolute atomic E-state index is 0.00177. The van der Waals surface area contributed by atoms with Gasteiger partial charge in [-0.2, -0.15) is 11.8 Å². The number of phenolic OH excluding ortho intramolecular Hbond substituents is 1. The van der Waals surface area contributed by atoms with Crippen LogP contribution in [0.15, 0.2) is 24.3 Å². The number of aromatic hydroxyl groups is 1. The highest BCUT2D eigenvalue weighted by molar-refractivity contribution is 7.98. The number of thioether (sulfide) groups is 1. The summed E-state index contributed by atoms with van der Waals surface area (Å²) in [5.41, 5.74) is 22.0. The second-order valence-corrected chi connectivity index (χ2v) is 19.9. The van der Waals surface area contributed by atoms with Gasteiger partial charge in [-0.3, -0.25) is 52.7 Å². The third-order valence-electron chi connectivity index (χ3n) is 11.2. The molecule has 76 heavy (non-hydrogen) atoms. The van der Waals surface area contributed by atoms with E-state index in [2.05, 4.69) is 42.5 Å². The van der Waals surface area contributed by atoms with Crippen LogP contribution in [0.1, 0.15) is 91.5 Å². The minimum atomic E-state index is -1.89. The van der Waals surface area contributed by atoms with E-state index in [0.717, 1.165) is 6.92 Å². The molecule has 11 amide bonds. The highest BCUT2D eigenvalue weighted by atomic mass is 32.2. The van der Waals surface area contributed by atoms with Gasteiger partial charge in [-0.1, -0.05) is 39.8 Å². The monoisotopic (exact) mass is 1100 g/mol. The first-order valence-corrected chi connectivity index (χ1v) is 25.7. The number of rotatable bonds is 36. The smallest absolute Gasteiger partial charge is 0.326 e. The van der Waals surface area contributed by atoms with E-state index in [1.807, 2.05) is 0 Å². The maximum Gasteiger partial charge on any atom is 0.326 e. The van der Waals surface area contributed by atoms with Gasteiger partial charge < -0.3 is 85.9 Å². The van der Waals surface area contributed by atoms with Crippen molar-refractivity contribution in [1.29, 1.82) is 0 Å². The highest BCUT2D eigenvalue weighted by Gasteiger charge is 2.36. The quantitative estimate of drug-likeness (QED) is 0.0299. The van der Waals surface area contributed by atoms with E-state index in [0.29, 0.717) is 5.56 Å². The van der Waals surface area contributed by atoms with Crippen LogP contribution in [0.5, 0.6) is 5.75 Å². The summed E-state index contributed by atoms with van der Waals surface area (Å²) in [5, 5.41) is 59.3. The molecular formula is C47H76N12O16S. The number of phenols is 1. The maximum atomic E-state index is 14.2. The summed E-state index contributed by atoms with van der Waals surface area (Å²) in [6.07, 6.45) is -2.72. The third kappa shape index (κ3) is 25.4. The number of hydrogen-bond donors (Lipinski definition) is 16. The van der Waals surface area contributed by atoms with E-state index in [1.165, 1.54) is 36.0 Å². The number of carboxylic acid groups (broad SMARTS) is 1. The number of primary amides is 3. The van der Waals surface area contributed by atoms with Crippen molar-refractivity contribution >= 4 is 82.7 Å². The first-order chi connectivity index (χ1) is 35.5. The maximum absolute atomic E-state index is 14.2. The summed E-state index contributed by atoms with van der Waals surface area (Å²) in [6.45, 7) is 6.88. The summed E-state index contributed by atoms with van der Waals surface area (Å²) in [7, 11) is 0. The molecule has 0 spiro atoms. The van der Waals surface area contributed by atoms with Crippen molar-refractivity contribution in [2.24, 2.45) is 34.8 Å². The van der Waals surface area contributed by atoms with Crippen LogP contribution in [0.25, 0.3) is 0 Å². The fourth-order valence-corrected chi connectivity index (χ4v) is 7.62. The van der Waals surface area contributed by atoms with Crippen molar-refractivity contribution in [3.63, 3.8) is 0 Å². The summed E-state index contributed by atoms with van der Waals surface area (Å²) in [5.74, 6) is -12.7. The Morgan fingerprint density at radius 2 is 0.921 bits per heavy atom. The van der Waals surface area contributed by atoms with Crippen molar-refractivity contribution < 1.29 is 78.0 Å². The SMILES string of the molecule is CSCC[C@H](NC(=O)[C@H](CCC(N)=O)NC(=O)[C@H](Cc1ccc(O)cc1)NC(=O)[C@H](CC(C)C)NC(=O)[C@@H](N)CC(N)=O)C(=O)N[C@H](C(=O)N[C@@H](CO)C(=O)N[C@@H](CCC(N)=O)C(=O)N[C@@H](CC(C)C)C(=O)O)[C@@H](C)O. The molecule has 0 saturated carbocycles. The molecule has 29 heteroatoms. The molecule has 0 fully saturated rings. The molecule has 0 aliphatic heterocycles. The van der Waals surface area contributed by atoms with Crippen molar-refractivity contribution in [2.45, 2.75) is 153 Å². The number of amides is 11. The lowest BCUT2D eigenvalue weighted by Crippen LogP contribution is -2.62. The summed E-state index contributed by atoms with van der Waals surface area (Å²) < 4.78 is 0. The van der Waals surface area contributed by atoms with E-state index in [1.54, 1.807) is 34.0 Å². The van der Waals surface area contributed by atoms with E-state index in [9.17, 15) is 78.0 Å². The Bertz CT molecular complexity index is 2180. The number of aliphatic hydroxyl groups is 2. The molecule has 0 heterocycles. The summed E-state index contributed by atoms with van der Waals surface area (Å²) in [6, 6.07) is -8.59.